The zero-order chi connectivity index (χ0) is 13.8. The molecule has 4 nitrogen and oxygen atoms in total. The second kappa shape index (κ2) is 5.98. The molecule has 0 unspecified atom stereocenters. The molecule has 2 heterocycles. The van der Waals surface area contributed by atoms with E-state index < -0.39 is 0 Å². The van der Waals surface area contributed by atoms with Crippen LogP contribution in [0, 0.1) is 0 Å². The van der Waals surface area contributed by atoms with Gasteiger partial charge in [0.05, 0.1) is 5.52 Å². The summed E-state index contributed by atoms with van der Waals surface area (Å²) in [5.41, 5.74) is 7.75. The summed E-state index contributed by atoms with van der Waals surface area (Å²) in [6.07, 6.45) is 4.21. The zero-order valence-corrected chi connectivity index (χ0v) is 11.7. The summed E-state index contributed by atoms with van der Waals surface area (Å²) < 4.78 is 0. The fourth-order valence-electron chi connectivity index (χ4n) is 2.01. The lowest BCUT2D eigenvalue weighted by atomic mass is 10.2. The van der Waals surface area contributed by atoms with E-state index in [0.717, 1.165) is 32.9 Å². The van der Waals surface area contributed by atoms with E-state index in [1.807, 2.05) is 30.3 Å². The average molecular weight is 282 g/mol. The number of fused-ring (bicyclic) bond motifs is 1. The van der Waals surface area contributed by atoms with Gasteiger partial charge < -0.3 is 5.73 Å². The van der Waals surface area contributed by atoms with Gasteiger partial charge in [0.2, 0.25) is 0 Å². The van der Waals surface area contributed by atoms with E-state index in [0.29, 0.717) is 6.54 Å². The molecule has 0 aliphatic rings. The van der Waals surface area contributed by atoms with Gasteiger partial charge in [-0.2, -0.15) is 0 Å². The summed E-state index contributed by atoms with van der Waals surface area (Å²) in [4.78, 5) is 13.1. The van der Waals surface area contributed by atoms with Crippen molar-refractivity contribution in [3.8, 4) is 0 Å². The number of rotatable bonds is 4. The Hall–Kier alpha value is -1.98. The van der Waals surface area contributed by atoms with Gasteiger partial charge in [-0.3, -0.25) is 0 Å². The number of aromatic nitrogens is 3. The van der Waals surface area contributed by atoms with Crippen molar-refractivity contribution in [3.63, 3.8) is 0 Å². The van der Waals surface area contributed by atoms with Crippen LogP contribution in [-0.2, 0) is 6.42 Å². The maximum atomic E-state index is 5.65. The van der Waals surface area contributed by atoms with Crippen LogP contribution >= 0.6 is 11.8 Å². The standard InChI is InChI=1S/C15H14N4S/c16-8-7-11-4-3-9-17-14(11)20-15-12-5-1-2-6-13(12)18-10-19-15/h1-6,9-10H,7-8,16H2. The van der Waals surface area contributed by atoms with Crippen molar-refractivity contribution in [2.24, 2.45) is 5.73 Å². The minimum atomic E-state index is 0.615. The van der Waals surface area contributed by atoms with Crippen molar-refractivity contribution in [3.05, 3.63) is 54.5 Å². The normalized spacial score (nSPS) is 10.8. The Balaban J connectivity index is 2.01. The van der Waals surface area contributed by atoms with Gasteiger partial charge in [-0.1, -0.05) is 24.3 Å². The third-order valence-corrected chi connectivity index (χ3v) is 4.04. The van der Waals surface area contributed by atoms with E-state index in [1.165, 1.54) is 0 Å². The first-order chi connectivity index (χ1) is 9.88. The van der Waals surface area contributed by atoms with E-state index in [4.69, 9.17) is 5.73 Å². The van der Waals surface area contributed by atoms with Crippen LogP contribution in [0.25, 0.3) is 10.9 Å². The smallest absolute Gasteiger partial charge is 0.117 e. The maximum absolute atomic E-state index is 5.65. The topological polar surface area (TPSA) is 64.7 Å². The van der Waals surface area contributed by atoms with Crippen LogP contribution in [-0.4, -0.2) is 21.5 Å². The summed E-state index contributed by atoms with van der Waals surface area (Å²) in [5, 5.41) is 2.93. The lowest BCUT2D eigenvalue weighted by Gasteiger charge is -2.07. The summed E-state index contributed by atoms with van der Waals surface area (Å²) >= 11 is 1.57. The van der Waals surface area contributed by atoms with Crippen LogP contribution in [0.4, 0.5) is 0 Å². The molecule has 0 fully saturated rings. The molecule has 5 heteroatoms. The summed E-state index contributed by atoms with van der Waals surface area (Å²) in [5.74, 6) is 0. The highest BCUT2D eigenvalue weighted by Gasteiger charge is 2.09. The van der Waals surface area contributed by atoms with Crippen molar-refractivity contribution < 1.29 is 0 Å². The molecule has 3 aromatic rings. The Morgan fingerprint density at radius 3 is 2.75 bits per heavy atom. The molecule has 0 saturated heterocycles. The Kier molecular flexibility index (Phi) is 3.90. The third kappa shape index (κ3) is 2.64. The Morgan fingerprint density at radius 1 is 0.950 bits per heavy atom. The Bertz CT molecular complexity index is 724. The molecule has 2 N–H and O–H groups in total. The van der Waals surface area contributed by atoms with Crippen LogP contribution in [0.2, 0.25) is 0 Å². The number of pyridine rings is 1. The minimum absolute atomic E-state index is 0.615. The van der Waals surface area contributed by atoms with E-state index >= 15 is 0 Å². The van der Waals surface area contributed by atoms with Gasteiger partial charge in [0, 0.05) is 11.6 Å². The molecule has 0 amide bonds. The average Bonchev–Trinajstić information content (AvgIpc) is 2.50. The van der Waals surface area contributed by atoms with Crippen LogP contribution in [0.5, 0.6) is 0 Å². The maximum Gasteiger partial charge on any atom is 0.117 e. The predicted octanol–water partition coefficient (Wildman–Crippen LogP) is 2.68. The van der Waals surface area contributed by atoms with Crippen molar-refractivity contribution >= 4 is 22.7 Å². The van der Waals surface area contributed by atoms with Crippen LogP contribution in [0.15, 0.2) is 59.0 Å². The predicted molar refractivity (Wildman–Crippen MR) is 80.7 cm³/mol. The minimum Gasteiger partial charge on any atom is -0.330 e. The molecule has 0 radical (unpaired) electrons. The number of hydrogen-bond acceptors (Lipinski definition) is 5. The van der Waals surface area contributed by atoms with Gasteiger partial charge in [0.1, 0.15) is 16.4 Å². The molecular weight excluding hydrogens is 268 g/mol. The molecule has 100 valence electrons. The fourth-order valence-corrected chi connectivity index (χ4v) is 3.00. The van der Waals surface area contributed by atoms with Gasteiger partial charge in [-0.05, 0) is 42.4 Å². The van der Waals surface area contributed by atoms with Crippen LogP contribution in [0.3, 0.4) is 0 Å². The summed E-state index contributed by atoms with van der Waals surface area (Å²) in [6, 6.07) is 12.0. The van der Waals surface area contributed by atoms with Gasteiger partial charge in [0.15, 0.2) is 0 Å². The first kappa shape index (κ1) is 13.0. The number of nitrogens with zero attached hydrogens (tertiary/aromatic N) is 3. The van der Waals surface area contributed by atoms with E-state index in [-0.39, 0.29) is 0 Å². The molecule has 0 saturated carbocycles. The fraction of sp³-hybridized carbons (Fsp3) is 0.133. The van der Waals surface area contributed by atoms with E-state index in [1.54, 1.807) is 24.3 Å². The largest absolute Gasteiger partial charge is 0.330 e. The van der Waals surface area contributed by atoms with Gasteiger partial charge >= 0.3 is 0 Å². The lowest BCUT2D eigenvalue weighted by molar-refractivity contribution is 0.910. The summed E-state index contributed by atoms with van der Waals surface area (Å²) in [7, 11) is 0. The molecule has 0 aliphatic heterocycles. The number of hydrogen-bond donors (Lipinski definition) is 1. The summed E-state index contributed by atoms with van der Waals surface area (Å²) in [6.45, 7) is 0.615. The van der Waals surface area contributed by atoms with Crippen LogP contribution in [0.1, 0.15) is 5.56 Å². The second-order valence-corrected chi connectivity index (χ2v) is 5.28. The molecule has 0 atom stereocenters. The highest BCUT2D eigenvalue weighted by molar-refractivity contribution is 7.99. The van der Waals surface area contributed by atoms with Crippen molar-refractivity contribution in [2.75, 3.05) is 6.54 Å². The van der Waals surface area contributed by atoms with Gasteiger partial charge in [-0.25, -0.2) is 15.0 Å². The van der Waals surface area contributed by atoms with E-state index in [2.05, 4.69) is 21.0 Å². The SMILES string of the molecule is NCCc1cccnc1Sc1ncnc2ccccc12. The Morgan fingerprint density at radius 2 is 1.85 bits per heavy atom. The molecule has 0 spiro atoms. The molecule has 1 aromatic carbocycles. The number of para-hydroxylation sites is 1. The molecule has 20 heavy (non-hydrogen) atoms. The molecular formula is C15H14N4S. The molecule has 0 aliphatic carbocycles. The number of nitrogens with two attached hydrogens (primary N) is 1. The second-order valence-electron chi connectivity index (χ2n) is 4.30. The molecule has 0 bridgehead atoms. The zero-order valence-electron chi connectivity index (χ0n) is 10.9. The van der Waals surface area contributed by atoms with E-state index in [9.17, 15) is 0 Å². The third-order valence-electron chi connectivity index (χ3n) is 2.96. The van der Waals surface area contributed by atoms with Gasteiger partial charge in [-0.15, -0.1) is 0 Å². The first-order valence-corrected chi connectivity index (χ1v) is 7.21. The van der Waals surface area contributed by atoms with Crippen molar-refractivity contribution in [1.29, 1.82) is 0 Å². The van der Waals surface area contributed by atoms with Crippen molar-refractivity contribution in [2.45, 2.75) is 16.5 Å². The Labute approximate surface area is 121 Å². The first-order valence-electron chi connectivity index (χ1n) is 6.40. The molecule has 2 aromatic heterocycles. The molecule has 3 rings (SSSR count). The van der Waals surface area contributed by atoms with Gasteiger partial charge in [0.25, 0.3) is 0 Å². The van der Waals surface area contributed by atoms with Crippen LogP contribution < -0.4 is 5.73 Å². The lowest BCUT2D eigenvalue weighted by Crippen LogP contribution is -2.04. The highest BCUT2D eigenvalue weighted by atomic mass is 32.2. The highest BCUT2D eigenvalue weighted by Crippen LogP contribution is 2.31. The van der Waals surface area contributed by atoms with Crippen molar-refractivity contribution in [1.82, 2.24) is 15.0 Å². The number of benzene rings is 1. The quantitative estimate of drug-likeness (QED) is 0.745. The monoisotopic (exact) mass is 282 g/mol.